The fourth-order valence-electron chi connectivity index (χ4n) is 1.14. The molecule has 0 spiro atoms. The highest BCUT2D eigenvalue weighted by atomic mass is 32.2. The van der Waals surface area contributed by atoms with E-state index in [0.717, 1.165) is 11.3 Å². The number of rotatable bonds is 4. The summed E-state index contributed by atoms with van der Waals surface area (Å²) in [5.41, 5.74) is 2.31. The normalized spacial score (nSPS) is 11.2. The van der Waals surface area contributed by atoms with Crippen molar-refractivity contribution in [3.63, 3.8) is 0 Å². The molecule has 10 heteroatoms. The Labute approximate surface area is 107 Å². The molecule has 0 saturated heterocycles. The molecule has 0 aromatic carbocycles. The molecule has 0 amide bonds. The molecule has 4 N–H and O–H groups in total. The first-order valence-electron chi connectivity index (χ1n) is 4.77. The first-order valence-corrected chi connectivity index (χ1v) is 7.07. The Balaban J connectivity index is 2.24. The maximum atomic E-state index is 11.9. The largest absolute Gasteiger partial charge is 0.308 e. The predicted molar refractivity (Wildman–Crippen MR) is 67.5 cm³/mol. The van der Waals surface area contributed by atoms with Crippen LogP contribution in [0.3, 0.4) is 0 Å². The van der Waals surface area contributed by atoms with E-state index in [-0.39, 0.29) is 10.0 Å². The van der Waals surface area contributed by atoms with E-state index in [1.54, 1.807) is 6.92 Å². The van der Waals surface area contributed by atoms with Crippen LogP contribution in [0, 0.1) is 6.92 Å². The number of sulfonamides is 1. The van der Waals surface area contributed by atoms with E-state index in [4.69, 9.17) is 5.84 Å². The first kappa shape index (κ1) is 12.7. The maximum absolute atomic E-state index is 11.9. The van der Waals surface area contributed by atoms with Crippen LogP contribution in [0.2, 0.25) is 0 Å². The number of aromatic nitrogens is 3. The average Bonchev–Trinajstić information content (AvgIpc) is 2.74. The average molecular weight is 286 g/mol. The summed E-state index contributed by atoms with van der Waals surface area (Å²) in [4.78, 5) is 3.84. The molecule has 2 aromatic rings. The lowest BCUT2D eigenvalue weighted by Crippen LogP contribution is -2.14. The molecular weight excluding hydrogens is 276 g/mol. The summed E-state index contributed by atoms with van der Waals surface area (Å²) < 4.78 is 26.2. The van der Waals surface area contributed by atoms with Crippen molar-refractivity contribution in [3.05, 3.63) is 23.3 Å². The fraction of sp³-hybridized carbons (Fsp3) is 0.125. The second kappa shape index (κ2) is 4.84. The Bertz CT molecular complexity index is 636. The molecule has 0 atom stereocenters. The van der Waals surface area contributed by atoms with Crippen LogP contribution in [0.25, 0.3) is 0 Å². The van der Waals surface area contributed by atoms with Crippen molar-refractivity contribution in [2.45, 2.75) is 11.8 Å². The van der Waals surface area contributed by atoms with Gasteiger partial charge in [-0.3, -0.25) is 4.72 Å². The quantitative estimate of drug-likeness (QED) is 0.546. The van der Waals surface area contributed by atoms with E-state index < -0.39 is 10.0 Å². The van der Waals surface area contributed by atoms with Crippen LogP contribution in [0.1, 0.15) is 5.01 Å². The lowest BCUT2D eigenvalue weighted by Gasteiger charge is -2.04. The van der Waals surface area contributed by atoms with Gasteiger partial charge < -0.3 is 5.43 Å². The van der Waals surface area contributed by atoms with Crippen LogP contribution in [0.15, 0.2) is 23.2 Å². The summed E-state index contributed by atoms with van der Waals surface area (Å²) in [6.45, 7) is 1.73. The van der Waals surface area contributed by atoms with Crippen molar-refractivity contribution >= 4 is 32.3 Å². The molecule has 0 bridgehead atoms. The lowest BCUT2D eigenvalue weighted by molar-refractivity contribution is 0.600. The van der Waals surface area contributed by atoms with Gasteiger partial charge in [0, 0.05) is 6.20 Å². The Hall–Kier alpha value is -1.78. The number of hydrogen-bond donors (Lipinski definition) is 3. The Kier molecular flexibility index (Phi) is 3.41. The first-order chi connectivity index (χ1) is 8.51. The molecule has 0 aliphatic heterocycles. The van der Waals surface area contributed by atoms with Gasteiger partial charge in [0.1, 0.15) is 15.7 Å². The third-order valence-corrected chi connectivity index (χ3v) is 4.15. The monoisotopic (exact) mass is 286 g/mol. The maximum Gasteiger partial charge on any atom is 0.265 e. The van der Waals surface area contributed by atoms with Crippen molar-refractivity contribution in [3.8, 4) is 0 Å². The summed E-state index contributed by atoms with van der Waals surface area (Å²) in [6.07, 6.45) is 1.20. The SMILES string of the molecule is Cc1nnc(NS(=O)(=O)c2ccc(NN)nc2)s1. The van der Waals surface area contributed by atoms with Gasteiger partial charge in [0.15, 0.2) is 0 Å². The Morgan fingerprint density at radius 1 is 1.33 bits per heavy atom. The Morgan fingerprint density at radius 2 is 2.11 bits per heavy atom. The number of hydrogen-bond acceptors (Lipinski definition) is 8. The molecule has 0 aliphatic carbocycles. The van der Waals surface area contributed by atoms with E-state index in [9.17, 15) is 8.42 Å². The zero-order valence-corrected chi connectivity index (χ0v) is 10.9. The molecule has 0 aliphatic rings. The number of anilines is 2. The van der Waals surface area contributed by atoms with E-state index in [1.165, 1.54) is 18.3 Å². The summed E-state index contributed by atoms with van der Waals surface area (Å²) in [5.74, 6) is 5.52. The predicted octanol–water partition coefficient (Wildman–Crippen LogP) is 0.328. The summed E-state index contributed by atoms with van der Waals surface area (Å²) in [5, 5.41) is 8.30. The van der Waals surface area contributed by atoms with Gasteiger partial charge in [0.2, 0.25) is 5.13 Å². The zero-order chi connectivity index (χ0) is 13.2. The minimum absolute atomic E-state index is 0.0225. The van der Waals surface area contributed by atoms with Crippen LogP contribution in [0.5, 0.6) is 0 Å². The number of nitrogens with one attached hydrogen (secondary N) is 2. The number of pyridine rings is 1. The van der Waals surface area contributed by atoms with Crippen molar-refractivity contribution < 1.29 is 8.42 Å². The van der Waals surface area contributed by atoms with Crippen LogP contribution < -0.4 is 16.0 Å². The third-order valence-electron chi connectivity index (χ3n) is 1.94. The topological polar surface area (TPSA) is 123 Å². The van der Waals surface area contributed by atoms with E-state index in [1.807, 2.05) is 0 Å². The van der Waals surface area contributed by atoms with Crippen molar-refractivity contribution in [1.29, 1.82) is 0 Å². The second-order valence-electron chi connectivity index (χ2n) is 3.26. The van der Waals surface area contributed by atoms with Gasteiger partial charge in [-0.2, -0.15) is 0 Å². The molecule has 2 aromatic heterocycles. The zero-order valence-electron chi connectivity index (χ0n) is 9.28. The van der Waals surface area contributed by atoms with E-state index in [0.29, 0.717) is 10.8 Å². The minimum atomic E-state index is -3.70. The van der Waals surface area contributed by atoms with Crippen molar-refractivity contribution in [2.75, 3.05) is 10.1 Å². The van der Waals surface area contributed by atoms with Crippen LogP contribution >= 0.6 is 11.3 Å². The summed E-state index contributed by atoms with van der Waals surface area (Å²) in [7, 11) is -3.70. The van der Waals surface area contributed by atoms with Gasteiger partial charge in [0.25, 0.3) is 10.0 Å². The van der Waals surface area contributed by atoms with E-state index >= 15 is 0 Å². The molecular formula is C8H10N6O2S2. The molecule has 18 heavy (non-hydrogen) atoms. The molecule has 0 saturated carbocycles. The van der Waals surface area contributed by atoms with Gasteiger partial charge in [-0.15, -0.1) is 10.2 Å². The van der Waals surface area contributed by atoms with Gasteiger partial charge in [0.05, 0.1) is 0 Å². The molecule has 2 rings (SSSR count). The highest BCUT2D eigenvalue weighted by Gasteiger charge is 2.16. The van der Waals surface area contributed by atoms with Gasteiger partial charge >= 0.3 is 0 Å². The smallest absolute Gasteiger partial charge is 0.265 e. The molecule has 0 radical (unpaired) electrons. The van der Waals surface area contributed by atoms with Crippen LogP contribution in [-0.2, 0) is 10.0 Å². The van der Waals surface area contributed by atoms with Gasteiger partial charge in [-0.25, -0.2) is 19.2 Å². The molecule has 96 valence electrons. The molecule has 2 heterocycles. The molecule has 0 fully saturated rings. The van der Waals surface area contributed by atoms with Crippen LogP contribution in [0.4, 0.5) is 10.9 Å². The van der Waals surface area contributed by atoms with Crippen LogP contribution in [-0.4, -0.2) is 23.6 Å². The standard InChI is InChI=1S/C8H10N6O2S2/c1-5-12-13-8(17-5)14-18(15,16)6-2-3-7(11-9)10-4-6/h2-4H,9H2,1H3,(H,10,11)(H,13,14). The second-order valence-corrected chi connectivity index (χ2v) is 6.12. The number of aryl methyl sites for hydroxylation is 1. The highest BCUT2D eigenvalue weighted by molar-refractivity contribution is 7.93. The van der Waals surface area contributed by atoms with Gasteiger partial charge in [-0.1, -0.05) is 11.3 Å². The Morgan fingerprint density at radius 3 is 2.61 bits per heavy atom. The van der Waals surface area contributed by atoms with Crippen molar-refractivity contribution in [1.82, 2.24) is 15.2 Å². The number of nitrogen functional groups attached to an aromatic ring is 1. The fourth-order valence-corrected chi connectivity index (χ4v) is 2.90. The minimum Gasteiger partial charge on any atom is -0.308 e. The highest BCUT2D eigenvalue weighted by Crippen LogP contribution is 2.19. The third kappa shape index (κ3) is 2.72. The van der Waals surface area contributed by atoms with Crippen molar-refractivity contribution in [2.24, 2.45) is 5.84 Å². The molecule has 8 nitrogen and oxygen atoms in total. The number of nitrogens with zero attached hydrogens (tertiary/aromatic N) is 3. The number of hydrazine groups is 1. The molecule has 0 unspecified atom stereocenters. The van der Waals surface area contributed by atoms with Gasteiger partial charge in [-0.05, 0) is 19.1 Å². The van der Waals surface area contributed by atoms with E-state index in [2.05, 4.69) is 25.3 Å². The summed E-state index contributed by atoms with van der Waals surface area (Å²) in [6, 6.07) is 2.85. The number of nitrogens with two attached hydrogens (primary N) is 1. The lowest BCUT2D eigenvalue weighted by atomic mass is 10.5. The summed E-state index contributed by atoms with van der Waals surface area (Å²) >= 11 is 1.15.